The number of hydrogen-bond acceptors (Lipinski definition) is 3. The van der Waals surface area contributed by atoms with Crippen LogP contribution in [0.2, 0.25) is 19.6 Å². The zero-order valence-electron chi connectivity index (χ0n) is 13.1. The van der Waals surface area contributed by atoms with Crippen LogP contribution in [0.3, 0.4) is 0 Å². The predicted molar refractivity (Wildman–Crippen MR) is 80.8 cm³/mol. The van der Waals surface area contributed by atoms with E-state index < -0.39 is 19.8 Å². The van der Waals surface area contributed by atoms with Crippen LogP contribution in [-0.4, -0.2) is 39.5 Å². The van der Waals surface area contributed by atoms with Gasteiger partial charge in [-0.3, -0.25) is 0 Å². The highest BCUT2D eigenvalue weighted by Gasteiger charge is 2.15. The Morgan fingerprint density at radius 1 is 1.21 bits per heavy atom. The van der Waals surface area contributed by atoms with Gasteiger partial charge < -0.3 is 14.8 Å². The van der Waals surface area contributed by atoms with Crippen molar-refractivity contribution in [1.82, 2.24) is 5.32 Å². The van der Waals surface area contributed by atoms with Crippen LogP contribution in [-0.2, 0) is 9.47 Å². The van der Waals surface area contributed by atoms with Crippen molar-refractivity contribution in [1.29, 1.82) is 0 Å². The molecule has 0 aliphatic carbocycles. The van der Waals surface area contributed by atoms with E-state index in [0.717, 1.165) is 6.42 Å². The zero-order valence-corrected chi connectivity index (χ0v) is 14.1. The SMILES string of the molecule is CC(C)(C)OC(=O)NCCOCCC#C[Si](C)(C)C. The Morgan fingerprint density at radius 3 is 2.37 bits per heavy atom. The van der Waals surface area contributed by atoms with Gasteiger partial charge >= 0.3 is 6.09 Å². The van der Waals surface area contributed by atoms with Gasteiger partial charge in [-0.25, -0.2) is 4.79 Å². The molecule has 0 atom stereocenters. The molecule has 0 aliphatic rings. The van der Waals surface area contributed by atoms with E-state index in [1.54, 1.807) is 0 Å². The average Bonchev–Trinajstić information content (AvgIpc) is 2.17. The molecule has 0 saturated heterocycles. The van der Waals surface area contributed by atoms with Crippen molar-refractivity contribution in [3.63, 3.8) is 0 Å². The summed E-state index contributed by atoms with van der Waals surface area (Å²) in [5.41, 5.74) is 2.81. The van der Waals surface area contributed by atoms with Crippen molar-refractivity contribution in [2.24, 2.45) is 0 Å². The van der Waals surface area contributed by atoms with Gasteiger partial charge in [-0.05, 0) is 20.8 Å². The molecule has 4 nitrogen and oxygen atoms in total. The third-order valence-corrected chi connectivity index (χ3v) is 2.68. The molecule has 110 valence electrons. The Balaban J connectivity index is 3.51. The molecule has 5 heteroatoms. The normalized spacial score (nSPS) is 11.5. The van der Waals surface area contributed by atoms with Gasteiger partial charge in [-0.2, -0.15) is 0 Å². The summed E-state index contributed by atoms with van der Waals surface area (Å²) in [6.07, 6.45) is 0.339. The van der Waals surface area contributed by atoms with E-state index in [0.29, 0.717) is 19.8 Å². The Labute approximate surface area is 118 Å². The van der Waals surface area contributed by atoms with Crippen LogP contribution in [0.15, 0.2) is 0 Å². The van der Waals surface area contributed by atoms with Gasteiger partial charge in [0.15, 0.2) is 0 Å². The standard InChI is InChI=1S/C14H27NO3Si/c1-14(2,3)18-13(16)15-9-11-17-10-7-8-12-19(4,5)6/h7,9-11H2,1-6H3,(H,15,16). The Kier molecular flexibility index (Phi) is 7.80. The number of amides is 1. The highest BCUT2D eigenvalue weighted by Crippen LogP contribution is 2.06. The largest absolute Gasteiger partial charge is 0.444 e. The number of nitrogens with one attached hydrogen (secondary N) is 1. The molecule has 1 N–H and O–H groups in total. The van der Waals surface area contributed by atoms with Crippen LogP contribution in [0.25, 0.3) is 0 Å². The first kappa shape index (κ1) is 18.0. The Morgan fingerprint density at radius 2 is 1.84 bits per heavy atom. The minimum absolute atomic E-state index is 0.408. The number of rotatable bonds is 5. The fourth-order valence-electron chi connectivity index (χ4n) is 1.09. The second-order valence-electron chi connectivity index (χ2n) is 6.34. The third kappa shape index (κ3) is 14.9. The maximum Gasteiger partial charge on any atom is 0.407 e. The lowest BCUT2D eigenvalue weighted by Gasteiger charge is -2.19. The smallest absolute Gasteiger partial charge is 0.407 e. The number of carbonyl (C=O) groups is 1. The number of hydrogen-bond donors (Lipinski definition) is 1. The molecule has 0 fully saturated rings. The second-order valence-corrected chi connectivity index (χ2v) is 11.1. The van der Waals surface area contributed by atoms with Crippen LogP contribution < -0.4 is 5.32 Å². The monoisotopic (exact) mass is 285 g/mol. The van der Waals surface area contributed by atoms with Crippen molar-refractivity contribution < 1.29 is 14.3 Å². The van der Waals surface area contributed by atoms with E-state index in [4.69, 9.17) is 9.47 Å². The minimum atomic E-state index is -1.26. The van der Waals surface area contributed by atoms with Crippen LogP contribution in [0.4, 0.5) is 4.79 Å². The van der Waals surface area contributed by atoms with Gasteiger partial charge in [-0.1, -0.05) is 19.6 Å². The molecule has 19 heavy (non-hydrogen) atoms. The van der Waals surface area contributed by atoms with Crippen LogP contribution in [0, 0.1) is 11.5 Å². The van der Waals surface area contributed by atoms with Crippen molar-refractivity contribution >= 4 is 14.2 Å². The topological polar surface area (TPSA) is 47.6 Å². The molecule has 0 unspecified atom stereocenters. The van der Waals surface area contributed by atoms with Gasteiger partial charge in [0.1, 0.15) is 13.7 Å². The molecule has 0 aromatic rings. The molecule has 0 saturated carbocycles. The fourth-order valence-corrected chi connectivity index (χ4v) is 1.75. The Bertz CT molecular complexity index is 331. The minimum Gasteiger partial charge on any atom is -0.444 e. The van der Waals surface area contributed by atoms with Crippen molar-refractivity contribution in [3.8, 4) is 11.5 Å². The maximum atomic E-state index is 11.3. The summed E-state index contributed by atoms with van der Waals surface area (Å²) in [5, 5.41) is 2.64. The molecule has 0 aromatic heterocycles. The molecule has 0 bridgehead atoms. The van der Waals surface area contributed by atoms with Crippen molar-refractivity contribution in [2.45, 2.75) is 52.4 Å². The van der Waals surface area contributed by atoms with Gasteiger partial charge in [-0.15, -0.1) is 11.5 Å². The van der Waals surface area contributed by atoms with E-state index >= 15 is 0 Å². The van der Waals surface area contributed by atoms with E-state index in [2.05, 4.69) is 36.4 Å². The molecule has 0 aliphatic heterocycles. The molecule has 0 heterocycles. The van der Waals surface area contributed by atoms with Gasteiger partial charge in [0.05, 0.1) is 13.2 Å². The van der Waals surface area contributed by atoms with Crippen molar-refractivity contribution in [3.05, 3.63) is 0 Å². The fraction of sp³-hybridized carbons (Fsp3) is 0.786. The molecule has 0 rings (SSSR count). The number of alkyl carbamates (subject to hydrolysis) is 1. The lowest BCUT2D eigenvalue weighted by Crippen LogP contribution is -2.34. The lowest BCUT2D eigenvalue weighted by atomic mass is 10.2. The maximum absolute atomic E-state index is 11.3. The molecular weight excluding hydrogens is 258 g/mol. The molecule has 0 radical (unpaired) electrons. The summed E-state index contributed by atoms with van der Waals surface area (Å²) in [6, 6.07) is 0. The van der Waals surface area contributed by atoms with Crippen LogP contribution in [0.5, 0.6) is 0 Å². The summed E-state index contributed by atoms with van der Waals surface area (Å²) >= 11 is 0. The predicted octanol–water partition coefficient (Wildman–Crippen LogP) is 2.80. The molecule has 1 amide bonds. The lowest BCUT2D eigenvalue weighted by molar-refractivity contribution is 0.0501. The highest BCUT2D eigenvalue weighted by atomic mass is 28.3. The first-order valence-corrected chi connectivity index (χ1v) is 10.1. The van der Waals surface area contributed by atoms with Crippen molar-refractivity contribution in [2.75, 3.05) is 19.8 Å². The molecular formula is C14H27NO3Si. The van der Waals surface area contributed by atoms with Gasteiger partial charge in [0.25, 0.3) is 0 Å². The summed E-state index contributed by atoms with van der Waals surface area (Å²) in [6.45, 7) is 13.7. The van der Waals surface area contributed by atoms with Gasteiger partial charge in [0.2, 0.25) is 0 Å². The van der Waals surface area contributed by atoms with E-state index in [9.17, 15) is 4.79 Å². The van der Waals surface area contributed by atoms with E-state index in [1.165, 1.54) is 0 Å². The first-order valence-electron chi connectivity index (χ1n) is 6.65. The third-order valence-electron chi connectivity index (χ3n) is 1.75. The average molecular weight is 285 g/mol. The summed E-state index contributed by atoms with van der Waals surface area (Å²) in [7, 11) is -1.26. The second kappa shape index (κ2) is 8.23. The highest BCUT2D eigenvalue weighted by molar-refractivity contribution is 6.83. The van der Waals surface area contributed by atoms with Crippen LogP contribution in [0.1, 0.15) is 27.2 Å². The zero-order chi connectivity index (χ0) is 14.9. The molecule has 0 spiro atoms. The Hall–Kier alpha value is -0.993. The van der Waals surface area contributed by atoms with E-state index in [1.807, 2.05) is 20.8 Å². The summed E-state index contributed by atoms with van der Waals surface area (Å²) < 4.78 is 10.5. The summed E-state index contributed by atoms with van der Waals surface area (Å²) in [4.78, 5) is 11.3. The summed E-state index contributed by atoms with van der Waals surface area (Å²) in [5.74, 6) is 3.13. The number of carbonyl (C=O) groups excluding carboxylic acids is 1. The quantitative estimate of drug-likeness (QED) is 0.480. The van der Waals surface area contributed by atoms with E-state index in [-0.39, 0.29) is 0 Å². The van der Waals surface area contributed by atoms with Gasteiger partial charge in [0, 0.05) is 13.0 Å². The van der Waals surface area contributed by atoms with Crippen LogP contribution >= 0.6 is 0 Å². The molecule has 0 aromatic carbocycles. The number of ether oxygens (including phenoxy) is 2. The first-order chi connectivity index (χ1) is 8.60.